The first-order valence-electron chi connectivity index (χ1n) is 9.09. The summed E-state index contributed by atoms with van der Waals surface area (Å²) >= 11 is 1.42. The Balaban J connectivity index is 2.09. The second kappa shape index (κ2) is 10.4. The molecule has 1 aliphatic heterocycles. The summed E-state index contributed by atoms with van der Waals surface area (Å²) in [4.78, 5) is 27.5. The van der Waals surface area contributed by atoms with Crippen LogP contribution in [0.15, 0.2) is 29.2 Å². The molecule has 26 heavy (non-hydrogen) atoms. The van der Waals surface area contributed by atoms with E-state index in [-0.39, 0.29) is 11.8 Å². The summed E-state index contributed by atoms with van der Waals surface area (Å²) in [5.41, 5.74) is 1.25. The third kappa shape index (κ3) is 4.89. The van der Waals surface area contributed by atoms with Gasteiger partial charge in [0.2, 0.25) is 0 Å². The molecule has 142 valence electrons. The fraction of sp³-hybridized carbons (Fsp3) is 0.500. The zero-order chi connectivity index (χ0) is 18.9. The Morgan fingerprint density at radius 2 is 1.69 bits per heavy atom. The van der Waals surface area contributed by atoms with Gasteiger partial charge in [-0.1, -0.05) is 32.4 Å². The molecule has 0 aliphatic carbocycles. The minimum absolute atomic E-state index is 0.193. The standard InChI is InChI=1S/C20H27NO4S/c1-4-6-13-25-14-7-12-21-19(22)17(18(20(21)23)26-5-2)15-8-10-16(24-3)11-9-15/h8-11H,4-7,12-14H2,1-3H3. The number of imide groups is 1. The van der Waals surface area contributed by atoms with Crippen LogP contribution in [0.25, 0.3) is 5.57 Å². The molecule has 5 nitrogen and oxygen atoms in total. The molecule has 0 saturated heterocycles. The van der Waals surface area contributed by atoms with Crippen molar-refractivity contribution in [3.63, 3.8) is 0 Å². The van der Waals surface area contributed by atoms with Gasteiger partial charge in [0, 0.05) is 19.8 Å². The van der Waals surface area contributed by atoms with Crippen molar-refractivity contribution in [3.05, 3.63) is 34.7 Å². The van der Waals surface area contributed by atoms with Crippen LogP contribution >= 0.6 is 11.8 Å². The molecule has 0 saturated carbocycles. The average molecular weight is 378 g/mol. The highest BCUT2D eigenvalue weighted by Crippen LogP contribution is 2.36. The first kappa shape index (κ1) is 20.5. The van der Waals surface area contributed by atoms with E-state index in [2.05, 4.69) is 6.92 Å². The van der Waals surface area contributed by atoms with E-state index in [4.69, 9.17) is 9.47 Å². The number of methoxy groups -OCH3 is 1. The number of carbonyl (C=O) groups excluding carboxylic acids is 2. The van der Waals surface area contributed by atoms with E-state index in [1.807, 2.05) is 19.1 Å². The van der Waals surface area contributed by atoms with Crippen LogP contribution in [0.1, 0.15) is 38.7 Å². The highest BCUT2D eigenvalue weighted by molar-refractivity contribution is 8.04. The van der Waals surface area contributed by atoms with Crippen molar-refractivity contribution in [2.45, 2.75) is 33.1 Å². The maximum atomic E-state index is 12.9. The maximum Gasteiger partial charge on any atom is 0.267 e. The second-order valence-corrected chi connectivity index (χ2v) is 7.22. The number of thioether (sulfide) groups is 1. The summed E-state index contributed by atoms with van der Waals surface area (Å²) in [6.45, 7) is 5.77. The lowest BCUT2D eigenvalue weighted by Gasteiger charge is -2.15. The predicted octanol–water partition coefficient (Wildman–Crippen LogP) is 3.74. The van der Waals surface area contributed by atoms with Crippen molar-refractivity contribution < 1.29 is 19.1 Å². The van der Waals surface area contributed by atoms with Crippen LogP contribution in [0.5, 0.6) is 5.75 Å². The molecule has 0 unspecified atom stereocenters. The Morgan fingerprint density at radius 3 is 2.31 bits per heavy atom. The molecule has 0 bridgehead atoms. The largest absolute Gasteiger partial charge is 0.497 e. The van der Waals surface area contributed by atoms with Crippen molar-refractivity contribution in [1.29, 1.82) is 0 Å². The Hall–Kier alpha value is -1.79. The summed E-state index contributed by atoms with van der Waals surface area (Å²) in [5.74, 6) is 1.05. The van der Waals surface area contributed by atoms with Crippen LogP contribution in [0.3, 0.4) is 0 Å². The summed E-state index contributed by atoms with van der Waals surface area (Å²) in [7, 11) is 1.60. The Bertz CT molecular complexity index is 654. The monoisotopic (exact) mass is 377 g/mol. The van der Waals surface area contributed by atoms with E-state index >= 15 is 0 Å². The van der Waals surface area contributed by atoms with Crippen LogP contribution in [0.4, 0.5) is 0 Å². The Kier molecular flexibility index (Phi) is 8.19. The molecular formula is C20H27NO4S. The predicted molar refractivity (Wildman–Crippen MR) is 105 cm³/mol. The quantitative estimate of drug-likeness (QED) is 0.434. The number of hydrogen-bond donors (Lipinski definition) is 0. The SMILES string of the molecule is CCCCOCCCN1C(=O)C(SCC)=C(c2ccc(OC)cc2)C1=O. The molecule has 1 aromatic carbocycles. The summed E-state index contributed by atoms with van der Waals surface area (Å²) in [6.07, 6.45) is 2.78. The number of amides is 2. The van der Waals surface area contributed by atoms with Crippen LogP contribution in [0.2, 0.25) is 0 Å². The van der Waals surface area contributed by atoms with Gasteiger partial charge in [-0.25, -0.2) is 0 Å². The first-order chi connectivity index (χ1) is 12.6. The molecule has 1 heterocycles. The lowest BCUT2D eigenvalue weighted by Crippen LogP contribution is -2.33. The topological polar surface area (TPSA) is 55.8 Å². The third-order valence-electron chi connectivity index (χ3n) is 4.11. The van der Waals surface area contributed by atoms with Gasteiger partial charge in [0.05, 0.1) is 17.6 Å². The molecular weight excluding hydrogens is 350 g/mol. The normalized spacial score (nSPS) is 14.5. The highest BCUT2D eigenvalue weighted by atomic mass is 32.2. The first-order valence-corrected chi connectivity index (χ1v) is 10.1. The van der Waals surface area contributed by atoms with Gasteiger partial charge in [0.15, 0.2) is 0 Å². The lowest BCUT2D eigenvalue weighted by molar-refractivity contribution is -0.136. The number of benzene rings is 1. The van der Waals surface area contributed by atoms with Gasteiger partial charge in [-0.15, -0.1) is 11.8 Å². The smallest absolute Gasteiger partial charge is 0.267 e. The molecule has 2 amide bonds. The van der Waals surface area contributed by atoms with Crippen LogP contribution in [-0.4, -0.2) is 49.3 Å². The molecule has 0 N–H and O–H groups in total. The molecule has 1 aromatic rings. The number of carbonyl (C=O) groups is 2. The van der Waals surface area contributed by atoms with Crippen molar-refractivity contribution in [3.8, 4) is 5.75 Å². The maximum absolute atomic E-state index is 12.9. The van der Waals surface area contributed by atoms with Crippen molar-refractivity contribution in [1.82, 2.24) is 4.90 Å². The average Bonchev–Trinajstić information content (AvgIpc) is 2.89. The Morgan fingerprint density at radius 1 is 1.00 bits per heavy atom. The van der Waals surface area contributed by atoms with Crippen LogP contribution in [0, 0.1) is 0 Å². The van der Waals surface area contributed by atoms with Gasteiger partial charge in [0.1, 0.15) is 5.75 Å². The lowest BCUT2D eigenvalue weighted by atomic mass is 10.1. The van der Waals surface area contributed by atoms with Gasteiger partial charge in [-0.05, 0) is 36.3 Å². The molecule has 0 fully saturated rings. The highest BCUT2D eigenvalue weighted by Gasteiger charge is 2.38. The van der Waals surface area contributed by atoms with E-state index < -0.39 is 0 Å². The fourth-order valence-electron chi connectivity index (χ4n) is 2.72. The zero-order valence-corrected chi connectivity index (χ0v) is 16.6. The summed E-state index contributed by atoms with van der Waals surface area (Å²) < 4.78 is 10.7. The van der Waals surface area contributed by atoms with Gasteiger partial charge in [0.25, 0.3) is 11.8 Å². The van der Waals surface area contributed by atoms with E-state index in [9.17, 15) is 9.59 Å². The molecule has 6 heteroatoms. The van der Waals surface area contributed by atoms with E-state index in [1.165, 1.54) is 16.7 Å². The van der Waals surface area contributed by atoms with E-state index in [0.29, 0.717) is 30.1 Å². The minimum Gasteiger partial charge on any atom is -0.497 e. The van der Waals surface area contributed by atoms with E-state index in [0.717, 1.165) is 36.5 Å². The van der Waals surface area contributed by atoms with Gasteiger partial charge >= 0.3 is 0 Å². The molecule has 2 rings (SSSR count). The summed E-state index contributed by atoms with van der Waals surface area (Å²) in [5, 5.41) is 0. The minimum atomic E-state index is -0.218. The molecule has 0 spiro atoms. The molecule has 0 atom stereocenters. The molecule has 0 radical (unpaired) electrons. The second-order valence-electron chi connectivity index (χ2n) is 5.95. The number of rotatable bonds is 11. The van der Waals surface area contributed by atoms with Gasteiger partial charge in [-0.3, -0.25) is 14.5 Å². The molecule has 0 aromatic heterocycles. The Labute approximate surface area is 159 Å². The zero-order valence-electron chi connectivity index (χ0n) is 15.7. The van der Waals surface area contributed by atoms with Crippen molar-refractivity contribution in [2.75, 3.05) is 32.6 Å². The van der Waals surface area contributed by atoms with E-state index in [1.54, 1.807) is 19.2 Å². The van der Waals surface area contributed by atoms with Crippen molar-refractivity contribution in [2.24, 2.45) is 0 Å². The van der Waals surface area contributed by atoms with Crippen molar-refractivity contribution >= 4 is 29.1 Å². The van der Waals surface area contributed by atoms with Gasteiger partial charge < -0.3 is 9.47 Å². The van der Waals surface area contributed by atoms with Crippen LogP contribution in [-0.2, 0) is 14.3 Å². The molecule has 1 aliphatic rings. The number of hydrogen-bond acceptors (Lipinski definition) is 5. The van der Waals surface area contributed by atoms with Gasteiger partial charge in [-0.2, -0.15) is 0 Å². The number of ether oxygens (including phenoxy) is 2. The fourth-order valence-corrected chi connectivity index (χ4v) is 3.59. The number of unbranched alkanes of at least 4 members (excludes halogenated alkanes) is 1. The number of nitrogens with zero attached hydrogens (tertiary/aromatic N) is 1. The van der Waals surface area contributed by atoms with Crippen LogP contribution < -0.4 is 4.74 Å². The third-order valence-corrected chi connectivity index (χ3v) is 5.06. The summed E-state index contributed by atoms with van der Waals surface area (Å²) in [6, 6.07) is 7.26.